The van der Waals surface area contributed by atoms with Crippen LogP contribution in [0.1, 0.15) is 22.5 Å². The highest BCUT2D eigenvalue weighted by Gasteiger charge is 2.16. The van der Waals surface area contributed by atoms with E-state index in [1.807, 2.05) is 19.3 Å². The molecule has 0 unspecified atom stereocenters. The van der Waals surface area contributed by atoms with Crippen molar-refractivity contribution < 1.29 is 4.39 Å². The lowest BCUT2D eigenvalue weighted by Gasteiger charge is -2.20. The summed E-state index contributed by atoms with van der Waals surface area (Å²) < 4.78 is 15.6. The van der Waals surface area contributed by atoms with Crippen LogP contribution in [0.15, 0.2) is 66.9 Å². The molecule has 0 aliphatic heterocycles. The first-order valence-corrected chi connectivity index (χ1v) is 9.48. The fourth-order valence-corrected chi connectivity index (χ4v) is 3.76. The first-order chi connectivity index (χ1) is 13.5. The fourth-order valence-electron chi connectivity index (χ4n) is 3.76. The summed E-state index contributed by atoms with van der Waals surface area (Å²) in [5, 5.41) is 1.24. The maximum atomic E-state index is 13.3. The fraction of sp³-hybridized carbons (Fsp3) is 0.208. The molecule has 150 valence electrons. The minimum atomic E-state index is -0.222. The molecule has 0 aliphatic carbocycles. The monoisotopic (exact) mass is 409 g/mol. The highest BCUT2D eigenvalue weighted by molar-refractivity contribution is 5.87. The van der Waals surface area contributed by atoms with Crippen molar-refractivity contribution in [3.63, 3.8) is 0 Å². The molecule has 4 rings (SSSR count). The summed E-state index contributed by atoms with van der Waals surface area (Å²) in [7, 11) is 2.01. The number of fused-ring (bicyclic) bond motifs is 1. The molecule has 0 amide bonds. The van der Waals surface area contributed by atoms with E-state index in [0.29, 0.717) is 6.54 Å². The number of aryl methyl sites for hydroxylation is 1. The molecule has 0 saturated heterocycles. The second-order valence-corrected chi connectivity index (χ2v) is 7.27. The summed E-state index contributed by atoms with van der Waals surface area (Å²) in [6.45, 7) is 5.81. The topological polar surface area (TPSA) is 21.1 Å². The zero-order valence-electron chi connectivity index (χ0n) is 16.9. The predicted octanol–water partition coefficient (Wildman–Crippen LogP) is 5.90. The molecule has 0 bridgehead atoms. The van der Waals surface area contributed by atoms with Gasteiger partial charge in [0.1, 0.15) is 5.82 Å². The minimum absolute atomic E-state index is 0. The number of hydrogen-bond acceptors (Lipinski definition) is 2. The second-order valence-electron chi connectivity index (χ2n) is 7.27. The molecule has 3 nitrogen and oxygen atoms in total. The third-order valence-electron chi connectivity index (χ3n) is 5.46. The standard InChI is InChI=1S/C24H24FN3.ClH/c1-17-18(2)28(15-19-7-5-4-6-8-19)24-22(17)13-14-26-23(24)16-27(3)21-11-9-20(25)10-12-21;/h4-14H,15-16H2,1-3H3;1H. The average molecular weight is 410 g/mol. The zero-order valence-corrected chi connectivity index (χ0v) is 17.7. The van der Waals surface area contributed by atoms with Crippen LogP contribution in [0, 0.1) is 19.7 Å². The van der Waals surface area contributed by atoms with Crippen molar-refractivity contribution in [2.75, 3.05) is 11.9 Å². The number of aromatic nitrogens is 2. The molecule has 2 aromatic heterocycles. The van der Waals surface area contributed by atoms with Gasteiger partial charge in [-0.2, -0.15) is 0 Å². The van der Waals surface area contributed by atoms with Crippen LogP contribution < -0.4 is 4.90 Å². The van der Waals surface area contributed by atoms with E-state index in [1.165, 1.54) is 39.9 Å². The highest BCUT2D eigenvalue weighted by atomic mass is 35.5. The van der Waals surface area contributed by atoms with Gasteiger partial charge in [-0.15, -0.1) is 12.4 Å². The van der Waals surface area contributed by atoms with Crippen molar-refractivity contribution in [2.45, 2.75) is 26.9 Å². The number of benzene rings is 2. The van der Waals surface area contributed by atoms with Crippen molar-refractivity contribution in [2.24, 2.45) is 0 Å². The Kier molecular flexibility index (Phi) is 6.23. The van der Waals surface area contributed by atoms with Gasteiger partial charge in [-0.1, -0.05) is 30.3 Å². The SMILES string of the molecule is Cc1c(C)n(Cc2ccccc2)c2c(CN(C)c3ccc(F)cc3)nccc12.Cl. The van der Waals surface area contributed by atoms with E-state index in [2.05, 4.69) is 53.6 Å². The Morgan fingerprint density at radius 2 is 1.66 bits per heavy atom. The molecule has 29 heavy (non-hydrogen) atoms. The lowest BCUT2D eigenvalue weighted by Crippen LogP contribution is -2.18. The van der Waals surface area contributed by atoms with E-state index < -0.39 is 0 Å². The third-order valence-corrected chi connectivity index (χ3v) is 5.46. The number of nitrogens with zero attached hydrogens (tertiary/aromatic N) is 3. The summed E-state index contributed by atoms with van der Waals surface area (Å²) >= 11 is 0. The normalized spacial score (nSPS) is 10.8. The van der Waals surface area contributed by atoms with Gasteiger partial charge < -0.3 is 9.47 Å². The summed E-state index contributed by atoms with van der Waals surface area (Å²) in [6, 6.07) is 19.2. The van der Waals surface area contributed by atoms with E-state index in [9.17, 15) is 4.39 Å². The average Bonchev–Trinajstić information content (AvgIpc) is 2.95. The molecule has 0 aliphatic rings. The Balaban J connectivity index is 0.00000240. The Labute approximate surface area is 177 Å². The molecule has 0 spiro atoms. The minimum Gasteiger partial charge on any atom is -0.369 e. The Morgan fingerprint density at radius 3 is 2.34 bits per heavy atom. The molecular formula is C24H25ClFN3. The van der Waals surface area contributed by atoms with Gasteiger partial charge >= 0.3 is 0 Å². The Hall–Kier alpha value is -2.85. The molecule has 0 N–H and O–H groups in total. The van der Waals surface area contributed by atoms with Crippen molar-refractivity contribution in [3.05, 3.63) is 95.2 Å². The van der Waals surface area contributed by atoms with Gasteiger partial charge in [-0.25, -0.2) is 4.39 Å². The van der Waals surface area contributed by atoms with E-state index >= 15 is 0 Å². The van der Waals surface area contributed by atoms with Crippen molar-refractivity contribution >= 4 is 29.0 Å². The predicted molar refractivity (Wildman–Crippen MR) is 121 cm³/mol. The molecule has 0 saturated carbocycles. The number of pyridine rings is 1. The van der Waals surface area contributed by atoms with Crippen LogP contribution in [-0.4, -0.2) is 16.6 Å². The van der Waals surface area contributed by atoms with Gasteiger partial charge in [-0.05, 0) is 55.3 Å². The Morgan fingerprint density at radius 1 is 0.966 bits per heavy atom. The smallest absolute Gasteiger partial charge is 0.123 e. The Bertz CT molecular complexity index is 1100. The lowest BCUT2D eigenvalue weighted by atomic mass is 10.1. The van der Waals surface area contributed by atoms with Gasteiger partial charge in [-0.3, -0.25) is 4.98 Å². The van der Waals surface area contributed by atoms with Gasteiger partial charge in [0.05, 0.1) is 17.8 Å². The van der Waals surface area contributed by atoms with Crippen LogP contribution in [0.4, 0.5) is 10.1 Å². The summed E-state index contributed by atoms with van der Waals surface area (Å²) in [5.74, 6) is -0.222. The summed E-state index contributed by atoms with van der Waals surface area (Å²) in [6.07, 6.45) is 1.88. The van der Waals surface area contributed by atoms with Crippen molar-refractivity contribution in [1.29, 1.82) is 0 Å². The zero-order chi connectivity index (χ0) is 19.7. The van der Waals surface area contributed by atoms with Crippen LogP contribution in [0.3, 0.4) is 0 Å². The highest BCUT2D eigenvalue weighted by Crippen LogP contribution is 2.29. The lowest BCUT2D eigenvalue weighted by molar-refractivity contribution is 0.627. The van der Waals surface area contributed by atoms with E-state index in [-0.39, 0.29) is 18.2 Å². The van der Waals surface area contributed by atoms with Gasteiger partial charge in [0.15, 0.2) is 0 Å². The quantitative estimate of drug-likeness (QED) is 0.409. The van der Waals surface area contributed by atoms with Crippen LogP contribution >= 0.6 is 12.4 Å². The molecule has 0 atom stereocenters. The largest absolute Gasteiger partial charge is 0.369 e. The molecule has 2 heterocycles. The maximum Gasteiger partial charge on any atom is 0.123 e. The van der Waals surface area contributed by atoms with Crippen molar-refractivity contribution in [3.8, 4) is 0 Å². The number of anilines is 1. The van der Waals surface area contributed by atoms with Gasteiger partial charge in [0.25, 0.3) is 0 Å². The van der Waals surface area contributed by atoms with Gasteiger partial charge in [0.2, 0.25) is 0 Å². The summed E-state index contributed by atoms with van der Waals surface area (Å²) in [5.41, 5.74) is 6.99. The molecular weight excluding hydrogens is 385 g/mol. The van der Waals surface area contributed by atoms with Crippen molar-refractivity contribution in [1.82, 2.24) is 9.55 Å². The molecule has 2 aromatic carbocycles. The van der Waals surface area contributed by atoms with E-state index in [1.54, 1.807) is 12.1 Å². The number of halogens is 2. The summed E-state index contributed by atoms with van der Waals surface area (Å²) in [4.78, 5) is 6.81. The molecule has 4 aromatic rings. The first-order valence-electron chi connectivity index (χ1n) is 9.48. The van der Waals surface area contributed by atoms with Crippen LogP contribution in [-0.2, 0) is 13.1 Å². The van der Waals surface area contributed by atoms with Crippen LogP contribution in [0.2, 0.25) is 0 Å². The molecule has 5 heteroatoms. The van der Waals surface area contributed by atoms with E-state index in [0.717, 1.165) is 17.9 Å². The molecule has 0 radical (unpaired) electrons. The number of rotatable bonds is 5. The second kappa shape index (κ2) is 8.66. The van der Waals surface area contributed by atoms with E-state index in [4.69, 9.17) is 4.98 Å². The number of hydrogen-bond donors (Lipinski definition) is 0. The van der Waals surface area contributed by atoms with Gasteiger partial charge in [0, 0.05) is 36.6 Å². The first kappa shape index (κ1) is 20.9. The molecule has 0 fully saturated rings. The third kappa shape index (κ3) is 4.13. The van der Waals surface area contributed by atoms with Crippen LogP contribution in [0.25, 0.3) is 10.9 Å². The maximum absolute atomic E-state index is 13.3. The van der Waals surface area contributed by atoms with Crippen LogP contribution in [0.5, 0.6) is 0 Å².